The van der Waals surface area contributed by atoms with Gasteiger partial charge in [0, 0.05) is 19.8 Å². The van der Waals surface area contributed by atoms with E-state index in [4.69, 9.17) is 15.2 Å². The average molecular weight is 460 g/mol. The van der Waals surface area contributed by atoms with Crippen LogP contribution in [-0.4, -0.2) is 47.8 Å². The fourth-order valence-electron chi connectivity index (χ4n) is 1.99. The van der Waals surface area contributed by atoms with Crippen LogP contribution in [0, 0.1) is 0 Å². The Morgan fingerprint density at radius 3 is 2.76 bits per heavy atom. The van der Waals surface area contributed by atoms with Gasteiger partial charge in [-0.05, 0) is 37.6 Å². The van der Waals surface area contributed by atoms with Gasteiger partial charge in [-0.3, -0.25) is 0 Å². The summed E-state index contributed by atoms with van der Waals surface area (Å²) < 4.78 is 12.1. The Bertz CT molecular complexity index is 644. The molecule has 1 heterocycles. The number of halogens is 1. The van der Waals surface area contributed by atoms with Crippen LogP contribution in [0.25, 0.3) is 5.69 Å². The number of aliphatic imine (C=N–C) groups is 1. The Kier molecular flexibility index (Phi) is 9.85. The Morgan fingerprint density at radius 1 is 1.32 bits per heavy atom. The molecule has 0 atom stereocenters. The summed E-state index contributed by atoms with van der Waals surface area (Å²) in [4.78, 5) is 4.25. The van der Waals surface area contributed by atoms with Gasteiger partial charge in [-0.1, -0.05) is 5.21 Å². The van der Waals surface area contributed by atoms with E-state index in [1.54, 1.807) is 11.8 Å². The number of hydrogen-bond acceptors (Lipinski definition) is 5. The molecule has 0 amide bonds. The molecule has 2 aromatic rings. The largest absolute Gasteiger partial charge is 0.497 e. The van der Waals surface area contributed by atoms with Gasteiger partial charge in [0.05, 0.1) is 25.5 Å². The van der Waals surface area contributed by atoms with Crippen molar-refractivity contribution in [1.29, 1.82) is 0 Å². The summed E-state index contributed by atoms with van der Waals surface area (Å²) in [6.45, 7) is 4.52. The first-order valence-electron chi connectivity index (χ1n) is 7.90. The summed E-state index contributed by atoms with van der Waals surface area (Å²) in [6.07, 6.45) is 2.71. The zero-order chi connectivity index (χ0) is 17.2. The number of nitrogens with one attached hydrogen (secondary N) is 1. The van der Waals surface area contributed by atoms with Crippen LogP contribution in [0.3, 0.4) is 0 Å². The molecule has 0 bridgehead atoms. The Morgan fingerprint density at radius 2 is 2.08 bits per heavy atom. The molecule has 0 saturated heterocycles. The van der Waals surface area contributed by atoms with Gasteiger partial charge in [-0.25, -0.2) is 9.67 Å². The highest BCUT2D eigenvalue weighted by Crippen LogP contribution is 2.14. The molecule has 0 aliphatic carbocycles. The maximum atomic E-state index is 5.82. The van der Waals surface area contributed by atoms with Crippen LogP contribution in [0.15, 0.2) is 35.5 Å². The summed E-state index contributed by atoms with van der Waals surface area (Å²) in [7, 11) is 1.63. The summed E-state index contributed by atoms with van der Waals surface area (Å²) in [5, 5.41) is 11.2. The van der Waals surface area contributed by atoms with Crippen molar-refractivity contribution in [3.8, 4) is 11.4 Å². The van der Waals surface area contributed by atoms with Crippen LogP contribution >= 0.6 is 24.0 Å². The normalized spacial score (nSPS) is 11.0. The highest BCUT2D eigenvalue weighted by Gasteiger charge is 2.03. The third-order valence-corrected chi connectivity index (χ3v) is 3.26. The number of ether oxygens (including phenoxy) is 2. The monoisotopic (exact) mass is 460 g/mol. The summed E-state index contributed by atoms with van der Waals surface area (Å²) in [5.41, 5.74) is 7.46. The minimum absolute atomic E-state index is 0. The maximum Gasteiger partial charge on any atom is 0.188 e. The van der Waals surface area contributed by atoms with E-state index in [1.165, 1.54) is 0 Å². The summed E-state index contributed by atoms with van der Waals surface area (Å²) in [5.74, 6) is 1.19. The number of hydrogen-bond donors (Lipinski definition) is 2. The molecule has 0 aliphatic heterocycles. The van der Waals surface area contributed by atoms with Gasteiger partial charge in [0.2, 0.25) is 0 Å². The lowest BCUT2D eigenvalue weighted by molar-refractivity contribution is 0.145. The highest BCUT2D eigenvalue weighted by atomic mass is 127. The summed E-state index contributed by atoms with van der Waals surface area (Å²) in [6, 6.07) is 7.57. The molecule has 0 spiro atoms. The highest BCUT2D eigenvalue weighted by molar-refractivity contribution is 14.0. The Labute approximate surface area is 164 Å². The van der Waals surface area contributed by atoms with Crippen molar-refractivity contribution in [3.63, 3.8) is 0 Å². The van der Waals surface area contributed by atoms with Gasteiger partial charge in [-0.2, -0.15) is 0 Å². The molecule has 0 unspecified atom stereocenters. The molecule has 0 radical (unpaired) electrons. The number of rotatable bonds is 9. The van der Waals surface area contributed by atoms with Gasteiger partial charge in [-0.15, -0.1) is 29.1 Å². The predicted molar refractivity (Wildman–Crippen MR) is 108 cm³/mol. The SMILES string of the molecule is CCOCCCNC(N)=NCc1cn(-c2ccc(OC)cc2)nn1.I. The van der Waals surface area contributed by atoms with E-state index in [9.17, 15) is 0 Å². The van der Waals surface area contributed by atoms with Crippen LogP contribution in [-0.2, 0) is 11.3 Å². The molecular weight excluding hydrogens is 435 g/mol. The molecule has 2 rings (SSSR count). The van der Waals surface area contributed by atoms with Crippen LogP contribution in [0.2, 0.25) is 0 Å². The lowest BCUT2D eigenvalue weighted by Crippen LogP contribution is -2.32. The van der Waals surface area contributed by atoms with Crippen LogP contribution in [0.1, 0.15) is 19.0 Å². The first-order chi connectivity index (χ1) is 11.7. The Balaban J connectivity index is 0.00000312. The van der Waals surface area contributed by atoms with Gasteiger partial charge in [0.15, 0.2) is 5.96 Å². The minimum atomic E-state index is 0. The van der Waals surface area contributed by atoms with Crippen molar-refractivity contribution < 1.29 is 9.47 Å². The van der Waals surface area contributed by atoms with Crippen LogP contribution in [0.4, 0.5) is 0 Å². The van der Waals surface area contributed by atoms with E-state index in [2.05, 4.69) is 20.6 Å². The second kappa shape index (κ2) is 11.6. The fourth-order valence-corrected chi connectivity index (χ4v) is 1.99. The smallest absolute Gasteiger partial charge is 0.188 e. The van der Waals surface area contributed by atoms with Crippen LogP contribution < -0.4 is 15.8 Å². The quantitative estimate of drug-likeness (QED) is 0.256. The van der Waals surface area contributed by atoms with E-state index in [-0.39, 0.29) is 24.0 Å². The predicted octanol–water partition coefficient (Wildman–Crippen LogP) is 1.72. The lowest BCUT2D eigenvalue weighted by atomic mass is 10.3. The van der Waals surface area contributed by atoms with E-state index >= 15 is 0 Å². The second-order valence-electron chi connectivity index (χ2n) is 5.03. The van der Waals surface area contributed by atoms with E-state index in [1.807, 2.05) is 37.4 Å². The molecule has 138 valence electrons. The Hall–Kier alpha value is -1.88. The number of methoxy groups -OCH3 is 1. The van der Waals surface area contributed by atoms with Crippen molar-refractivity contribution in [2.45, 2.75) is 19.9 Å². The van der Waals surface area contributed by atoms with E-state index in [0.717, 1.165) is 36.7 Å². The van der Waals surface area contributed by atoms with E-state index in [0.29, 0.717) is 19.1 Å². The molecule has 9 heteroatoms. The average Bonchev–Trinajstić information content (AvgIpc) is 3.09. The van der Waals surface area contributed by atoms with Crippen molar-refractivity contribution >= 4 is 29.9 Å². The fraction of sp³-hybridized carbons (Fsp3) is 0.438. The zero-order valence-electron chi connectivity index (χ0n) is 14.5. The first kappa shape index (κ1) is 21.2. The number of aromatic nitrogens is 3. The number of nitrogens with zero attached hydrogens (tertiary/aromatic N) is 4. The third-order valence-electron chi connectivity index (χ3n) is 3.26. The zero-order valence-corrected chi connectivity index (χ0v) is 16.8. The molecule has 25 heavy (non-hydrogen) atoms. The van der Waals surface area contributed by atoms with Crippen molar-refractivity contribution in [2.75, 3.05) is 26.9 Å². The minimum Gasteiger partial charge on any atom is -0.497 e. The van der Waals surface area contributed by atoms with Crippen molar-refractivity contribution in [1.82, 2.24) is 20.3 Å². The molecule has 0 saturated carbocycles. The first-order valence-corrected chi connectivity index (χ1v) is 7.90. The maximum absolute atomic E-state index is 5.82. The molecule has 8 nitrogen and oxygen atoms in total. The van der Waals surface area contributed by atoms with Gasteiger partial charge in [0.25, 0.3) is 0 Å². The number of guanidine groups is 1. The van der Waals surface area contributed by atoms with E-state index < -0.39 is 0 Å². The third kappa shape index (κ3) is 7.26. The van der Waals surface area contributed by atoms with Gasteiger partial charge < -0.3 is 20.5 Å². The van der Waals surface area contributed by atoms with Crippen molar-refractivity contribution in [2.24, 2.45) is 10.7 Å². The molecular formula is C16H25IN6O2. The second-order valence-corrected chi connectivity index (χ2v) is 5.03. The molecule has 0 fully saturated rings. The van der Waals surface area contributed by atoms with Gasteiger partial charge >= 0.3 is 0 Å². The van der Waals surface area contributed by atoms with Crippen molar-refractivity contribution in [3.05, 3.63) is 36.2 Å². The standard InChI is InChI=1S/C16H24N6O2.HI/c1-3-24-10-4-9-18-16(17)19-11-13-12-22(21-20-13)14-5-7-15(23-2)8-6-14;/h5-8,12H,3-4,9-11H2,1-2H3,(H3,17,18,19);1H. The van der Waals surface area contributed by atoms with Gasteiger partial charge in [0.1, 0.15) is 11.4 Å². The number of nitrogens with two attached hydrogens (primary N) is 1. The molecule has 1 aromatic carbocycles. The topological polar surface area (TPSA) is 99.6 Å². The van der Waals surface area contributed by atoms with Crippen LogP contribution in [0.5, 0.6) is 5.75 Å². The summed E-state index contributed by atoms with van der Waals surface area (Å²) >= 11 is 0. The molecule has 3 N–H and O–H groups in total. The lowest BCUT2D eigenvalue weighted by Gasteiger charge is -2.05. The molecule has 0 aliphatic rings. The molecule has 1 aromatic heterocycles. The number of benzene rings is 1.